The van der Waals surface area contributed by atoms with Crippen molar-refractivity contribution in [2.45, 2.75) is 57.9 Å². The van der Waals surface area contributed by atoms with E-state index in [9.17, 15) is 19.2 Å². The van der Waals surface area contributed by atoms with E-state index in [0.29, 0.717) is 31.7 Å². The Labute approximate surface area is 194 Å². The smallest absolute Gasteiger partial charge is 0.267 e. The van der Waals surface area contributed by atoms with E-state index < -0.39 is 17.4 Å². The molecule has 1 aromatic rings. The van der Waals surface area contributed by atoms with Crippen molar-refractivity contribution in [2.24, 2.45) is 5.73 Å². The van der Waals surface area contributed by atoms with E-state index in [2.05, 4.69) is 44.0 Å². The number of aryl methyl sites for hydroxylation is 1. The minimum atomic E-state index is -0.656. The lowest BCUT2D eigenvalue weighted by molar-refractivity contribution is -0.139. The van der Waals surface area contributed by atoms with Crippen molar-refractivity contribution < 1.29 is 23.9 Å². The van der Waals surface area contributed by atoms with Crippen molar-refractivity contribution in [3.63, 3.8) is 0 Å². The number of carbonyl (C=O) groups is 4. The number of imide groups is 1. The zero-order valence-electron chi connectivity index (χ0n) is 18.9. The lowest BCUT2D eigenvalue weighted by Crippen LogP contribution is -2.53. The summed E-state index contributed by atoms with van der Waals surface area (Å²) in [6.07, 6.45) is 2.45. The summed E-state index contributed by atoms with van der Waals surface area (Å²) in [5.41, 5.74) is 6.25. The monoisotopic (exact) mass is 466 g/mol. The van der Waals surface area contributed by atoms with Gasteiger partial charge in [0.15, 0.2) is 6.10 Å². The molecule has 2 saturated heterocycles. The molecule has 32 heavy (non-hydrogen) atoms. The molecule has 0 aliphatic carbocycles. The summed E-state index contributed by atoms with van der Waals surface area (Å²) in [5, 5.41) is 4.25. The van der Waals surface area contributed by atoms with Crippen molar-refractivity contribution in [1.82, 2.24) is 15.5 Å². The molecular formula is C22H34N4O5S. The molecule has 2 aliphatic heterocycles. The molecule has 1 aromatic carbocycles. The van der Waals surface area contributed by atoms with Gasteiger partial charge in [0.2, 0.25) is 17.7 Å². The molecule has 2 aliphatic rings. The molecule has 2 heterocycles. The fourth-order valence-electron chi connectivity index (χ4n) is 2.80. The highest BCUT2D eigenvalue weighted by atomic mass is 32.1. The van der Waals surface area contributed by atoms with E-state index in [1.165, 1.54) is 12.0 Å². The van der Waals surface area contributed by atoms with Crippen molar-refractivity contribution >= 4 is 36.3 Å². The van der Waals surface area contributed by atoms with Crippen molar-refractivity contribution in [1.29, 1.82) is 0 Å². The minimum Gasteiger partial charge on any atom is -0.481 e. The SMILES string of the molecule is CCC.CCc1ccc(OC2CCC(=O)NC2=O)cc1.NC(=O)C(S)N1CCNC(=O)C1. The Balaban J connectivity index is 0.000000299. The van der Waals surface area contributed by atoms with Crippen molar-refractivity contribution in [2.75, 3.05) is 19.6 Å². The number of nitrogens with zero attached hydrogens (tertiary/aromatic N) is 1. The molecule has 0 bridgehead atoms. The molecule has 0 radical (unpaired) electrons. The van der Waals surface area contributed by atoms with Crippen LogP contribution in [0.5, 0.6) is 5.75 Å². The van der Waals surface area contributed by atoms with Crippen molar-refractivity contribution in [3.8, 4) is 5.75 Å². The number of hydrogen-bond donors (Lipinski definition) is 4. The normalized spacial score (nSPS) is 19.2. The number of carbonyl (C=O) groups excluding carboxylic acids is 4. The second kappa shape index (κ2) is 14.5. The number of benzene rings is 1. The van der Waals surface area contributed by atoms with Crippen LogP contribution in [0.2, 0.25) is 0 Å². The number of amides is 4. The highest BCUT2D eigenvalue weighted by molar-refractivity contribution is 7.81. The molecule has 178 valence electrons. The van der Waals surface area contributed by atoms with Gasteiger partial charge < -0.3 is 15.8 Å². The second-order valence-corrected chi connectivity index (χ2v) is 7.85. The van der Waals surface area contributed by atoms with Crippen LogP contribution in [0.3, 0.4) is 0 Å². The van der Waals surface area contributed by atoms with Crippen LogP contribution in [-0.4, -0.2) is 59.6 Å². The number of piperidine rings is 1. The van der Waals surface area contributed by atoms with Crippen LogP contribution in [0.4, 0.5) is 0 Å². The maximum Gasteiger partial charge on any atom is 0.267 e. The molecule has 3 rings (SSSR count). The first-order valence-electron chi connectivity index (χ1n) is 10.8. The number of rotatable bonds is 5. The van der Waals surface area contributed by atoms with Gasteiger partial charge in [0.05, 0.1) is 6.54 Å². The van der Waals surface area contributed by atoms with E-state index >= 15 is 0 Å². The molecule has 0 spiro atoms. The van der Waals surface area contributed by atoms with Crippen LogP contribution < -0.4 is 21.1 Å². The van der Waals surface area contributed by atoms with Gasteiger partial charge in [0.1, 0.15) is 11.1 Å². The third-order valence-electron chi connectivity index (χ3n) is 4.47. The average Bonchev–Trinajstić information content (AvgIpc) is 2.76. The van der Waals surface area contributed by atoms with Crippen molar-refractivity contribution in [3.05, 3.63) is 29.8 Å². The maximum atomic E-state index is 11.5. The number of thiol groups is 1. The Morgan fingerprint density at radius 3 is 2.31 bits per heavy atom. The molecule has 4 amide bonds. The third-order valence-corrected chi connectivity index (χ3v) is 5.05. The topological polar surface area (TPSA) is 131 Å². The van der Waals surface area contributed by atoms with Gasteiger partial charge in [-0.25, -0.2) is 0 Å². The molecule has 9 nitrogen and oxygen atoms in total. The number of nitrogens with one attached hydrogen (secondary N) is 2. The summed E-state index contributed by atoms with van der Waals surface area (Å²) in [5.74, 6) is -0.525. The van der Waals surface area contributed by atoms with Gasteiger partial charge in [-0.2, -0.15) is 12.6 Å². The Hall–Kier alpha value is -2.59. The Kier molecular flexibility index (Phi) is 12.4. The number of hydrogen-bond acceptors (Lipinski definition) is 7. The van der Waals surface area contributed by atoms with E-state index in [1.54, 1.807) is 4.90 Å². The molecule has 2 fully saturated rings. The summed E-state index contributed by atoms with van der Waals surface area (Å²) in [4.78, 5) is 45.6. The first kappa shape index (κ1) is 27.4. The highest BCUT2D eigenvalue weighted by Crippen LogP contribution is 2.17. The second-order valence-electron chi connectivity index (χ2n) is 7.36. The van der Waals surface area contributed by atoms with E-state index in [4.69, 9.17) is 10.5 Å². The van der Waals surface area contributed by atoms with Gasteiger partial charge >= 0.3 is 0 Å². The molecule has 2 unspecified atom stereocenters. The first-order chi connectivity index (χ1) is 15.2. The average molecular weight is 467 g/mol. The fourth-order valence-corrected chi connectivity index (χ4v) is 3.00. The summed E-state index contributed by atoms with van der Waals surface area (Å²) < 4.78 is 5.55. The zero-order chi connectivity index (χ0) is 24.1. The molecule has 0 aromatic heterocycles. The third kappa shape index (κ3) is 9.69. The summed E-state index contributed by atoms with van der Waals surface area (Å²) in [6.45, 7) is 7.68. The predicted octanol–water partition coefficient (Wildman–Crippen LogP) is 1.01. The minimum absolute atomic E-state index is 0.0958. The Morgan fingerprint density at radius 1 is 1.19 bits per heavy atom. The van der Waals surface area contributed by atoms with Gasteiger partial charge in [-0.05, 0) is 24.1 Å². The number of ether oxygens (including phenoxy) is 1. The van der Waals surface area contributed by atoms with Crippen LogP contribution in [0.25, 0.3) is 0 Å². The zero-order valence-corrected chi connectivity index (χ0v) is 19.8. The fraction of sp³-hybridized carbons (Fsp3) is 0.545. The van der Waals surface area contributed by atoms with Crippen LogP contribution >= 0.6 is 12.6 Å². The number of nitrogens with two attached hydrogens (primary N) is 1. The van der Waals surface area contributed by atoms with Gasteiger partial charge in [-0.15, -0.1) is 0 Å². The number of primary amides is 1. The lowest BCUT2D eigenvalue weighted by atomic mass is 10.1. The summed E-state index contributed by atoms with van der Waals surface area (Å²) in [6, 6.07) is 7.65. The first-order valence-corrected chi connectivity index (χ1v) is 11.3. The molecule has 10 heteroatoms. The maximum absolute atomic E-state index is 11.5. The molecule has 0 saturated carbocycles. The van der Waals surface area contributed by atoms with E-state index in [-0.39, 0.29) is 24.3 Å². The van der Waals surface area contributed by atoms with Crippen LogP contribution in [0.1, 0.15) is 45.6 Å². The van der Waals surface area contributed by atoms with Crippen LogP contribution in [-0.2, 0) is 25.6 Å². The van der Waals surface area contributed by atoms with E-state index in [1.807, 2.05) is 24.3 Å². The Morgan fingerprint density at radius 2 is 1.81 bits per heavy atom. The van der Waals surface area contributed by atoms with Crippen LogP contribution in [0, 0.1) is 0 Å². The highest BCUT2D eigenvalue weighted by Gasteiger charge is 2.28. The van der Waals surface area contributed by atoms with Gasteiger partial charge in [0.25, 0.3) is 5.91 Å². The molecule has 2 atom stereocenters. The Bertz CT molecular complexity index is 770. The van der Waals surface area contributed by atoms with Crippen LogP contribution in [0.15, 0.2) is 24.3 Å². The largest absolute Gasteiger partial charge is 0.481 e. The summed E-state index contributed by atoms with van der Waals surface area (Å²) in [7, 11) is 0. The summed E-state index contributed by atoms with van der Waals surface area (Å²) >= 11 is 3.98. The lowest BCUT2D eigenvalue weighted by Gasteiger charge is -2.29. The standard InChI is InChI=1S/C13H15NO3.C6H11N3O2S.C3H8/c1-2-9-3-5-10(6-4-9)17-11-7-8-12(15)14-13(11)16;7-5(11)6(12)9-2-1-8-4(10)3-9;1-3-2/h3-6,11H,2,7-8H2,1H3,(H,14,15,16);6,12H,1-3H2,(H2,7,11)(H,8,10);3H2,1-2H3. The molecular weight excluding hydrogens is 432 g/mol. The predicted molar refractivity (Wildman–Crippen MR) is 125 cm³/mol. The quantitative estimate of drug-likeness (QED) is 0.378. The van der Waals surface area contributed by atoms with Gasteiger partial charge in [-0.3, -0.25) is 29.4 Å². The number of piperazine rings is 1. The molecule has 4 N–H and O–H groups in total. The van der Waals surface area contributed by atoms with E-state index in [0.717, 1.165) is 6.42 Å². The van der Waals surface area contributed by atoms with Gasteiger partial charge in [0, 0.05) is 25.9 Å². The van der Waals surface area contributed by atoms with Gasteiger partial charge in [-0.1, -0.05) is 39.3 Å².